The summed E-state index contributed by atoms with van der Waals surface area (Å²) in [5, 5.41) is 11.0. The zero-order valence-electron chi connectivity index (χ0n) is 4.77. The van der Waals surface area contributed by atoms with Gasteiger partial charge in [-0.2, -0.15) is 0 Å². The second-order valence-corrected chi connectivity index (χ2v) is 1.42. The third-order valence-corrected chi connectivity index (χ3v) is 0.853. The molecule has 7 heavy (non-hydrogen) atoms. The van der Waals surface area contributed by atoms with Crippen molar-refractivity contribution in [3.05, 3.63) is 17.5 Å². The van der Waals surface area contributed by atoms with E-state index in [4.69, 9.17) is 0 Å². The first-order valence-electron chi connectivity index (χ1n) is 2.27. The molecule has 0 unspecified atom stereocenters. The van der Waals surface area contributed by atoms with Gasteiger partial charge in [-0.05, 0) is 19.2 Å². The van der Waals surface area contributed by atoms with Crippen LogP contribution in [-0.2, 0) is 0 Å². The van der Waals surface area contributed by atoms with Crippen molar-refractivity contribution in [2.45, 2.75) is 13.3 Å². The van der Waals surface area contributed by atoms with E-state index in [9.17, 15) is 5.21 Å². The average Bonchev–Trinajstić information content (AvgIpc) is 1.65. The standard InChI is InChI=1S/C5H10NO/c1-4-5(2)6(3)7/h2,4H2,1,3H3/q-1. The number of hydroxylamine groups is 2. The summed E-state index contributed by atoms with van der Waals surface area (Å²) in [6, 6.07) is 0. The minimum absolute atomic E-state index is 0.625. The quantitative estimate of drug-likeness (QED) is 0.489. The molecule has 0 rings (SSSR count). The normalized spacial score (nSPS) is 8.43. The highest BCUT2D eigenvalue weighted by molar-refractivity contribution is 4.90. The maximum absolute atomic E-state index is 10.2. The molecule has 2 nitrogen and oxygen atoms in total. The monoisotopic (exact) mass is 100 g/mol. The smallest absolute Gasteiger partial charge is 0.00523 e. The number of rotatable bonds is 2. The van der Waals surface area contributed by atoms with E-state index >= 15 is 0 Å². The summed E-state index contributed by atoms with van der Waals surface area (Å²) < 4.78 is 0. The molecule has 42 valence electrons. The fourth-order valence-electron chi connectivity index (χ4n) is 0.223. The summed E-state index contributed by atoms with van der Waals surface area (Å²) in [5.74, 6) is 0. The van der Waals surface area contributed by atoms with E-state index in [1.807, 2.05) is 6.92 Å². The lowest BCUT2D eigenvalue weighted by atomic mass is 10.4. The van der Waals surface area contributed by atoms with E-state index in [0.717, 1.165) is 11.5 Å². The number of allylic oxidation sites excluding steroid dienone is 1. The summed E-state index contributed by atoms with van der Waals surface area (Å²) in [5.41, 5.74) is 0.625. The third-order valence-electron chi connectivity index (χ3n) is 0.853. The van der Waals surface area contributed by atoms with Crippen LogP contribution in [0, 0.1) is 5.21 Å². The Morgan fingerprint density at radius 1 is 1.86 bits per heavy atom. The second-order valence-electron chi connectivity index (χ2n) is 1.42. The van der Waals surface area contributed by atoms with Crippen LogP contribution < -0.4 is 0 Å². The molecule has 0 bridgehead atoms. The maximum atomic E-state index is 10.2. The van der Waals surface area contributed by atoms with E-state index in [2.05, 4.69) is 6.58 Å². The van der Waals surface area contributed by atoms with Gasteiger partial charge in [-0.15, -0.1) is 0 Å². The maximum Gasteiger partial charge on any atom is -0.00523 e. The van der Waals surface area contributed by atoms with Crippen molar-refractivity contribution in [1.82, 2.24) is 5.06 Å². The third kappa shape index (κ3) is 2.23. The van der Waals surface area contributed by atoms with Gasteiger partial charge in [0, 0.05) is 0 Å². The molecular weight excluding hydrogens is 90.1 g/mol. The number of hydrogen-bond acceptors (Lipinski definition) is 2. The van der Waals surface area contributed by atoms with Gasteiger partial charge in [0.2, 0.25) is 0 Å². The molecule has 0 radical (unpaired) electrons. The predicted octanol–water partition coefficient (Wildman–Crippen LogP) is 1.34. The van der Waals surface area contributed by atoms with Crippen LogP contribution in [0.4, 0.5) is 0 Å². The van der Waals surface area contributed by atoms with Crippen molar-refractivity contribution in [2.75, 3.05) is 7.05 Å². The van der Waals surface area contributed by atoms with E-state index in [1.165, 1.54) is 7.05 Å². The second kappa shape index (κ2) is 2.64. The highest BCUT2D eigenvalue weighted by Crippen LogP contribution is 1.97. The highest BCUT2D eigenvalue weighted by Gasteiger charge is 1.81. The van der Waals surface area contributed by atoms with E-state index in [0.29, 0.717) is 5.70 Å². The summed E-state index contributed by atoms with van der Waals surface area (Å²) >= 11 is 0. The van der Waals surface area contributed by atoms with Crippen molar-refractivity contribution < 1.29 is 0 Å². The zero-order valence-corrected chi connectivity index (χ0v) is 4.77. The molecule has 0 fully saturated rings. The molecule has 2 heteroatoms. The molecule has 0 aliphatic carbocycles. The molecule has 0 saturated heterocycles. The molecular formula is C5H10NO-. The number of hydrogen-bond donors (Lipinski definition) is 0. The van der Waals surface area contributed by atoms with Crippen molar-refractivity contribution in [1.29, 1.82) is 0 Å². The lowest BCUT2D eigenvalue weighted by Crippen LogP contribution is -2.05. The van der Waals surface area contributed by atoms with Crippen LogP contribution in [0.1, 0.15) is 13.3 Å². The van der Waals surface area contributed by atoms with E-state index in [1.54, 1.807) is 0 Å². The van der Waals surface area contributed by atoms with Gasteiger partial charge in [-0.1, -0.05) is 13.5 Å². The van der Waals surface area contributed by atoms with Crippen molar-refractivity contribution >= 4 is 0 Å². The topological polar surface area (TPSA) is 26.3 Å². The summed E-state index contributed by atoms with van der Waals surface area (Å²) in [7, 11) is 1.45. The minimum Gasteiger partial charge on any atom is -0.759 e. The van der Waals surface area contributed by atoms with Gasteiger partial charge in [0.15, 0.2) is 0 Å². The van der Waals surface area contributed by atoms with Gasteiger partial charge < -0.3 is 10.3 Å². The molecule has 0 heterocycles. The Balaban J connectivity index is 3.35. The van der Waals surface area contributed by atoms with Gasteiger partial charge in [-0.3, -0.25) is 0 Å². The Labute approximate surface area is 44.0 Å². The van der Waals surface area contributed by atoms with Crippen LogP contribution in [0.3, 0.4) is 0 Å². The predicted molar refractivity (Wildman–Crippen MR) is 30.6 cm³/mol. The summed E-state index contributed by atoms with van der Waals surface area (Å²) in [4.78, 5) is 0. The van der Waals surface area contributed by atoms with Gasteiger partial charge in [-0.25, -0.2) is 0 Å². The van der Waals surface area contributed by atoms with Gasteiger partial charge >= 0.3 is 0 Å². The molecule has 0 aliphatic heterocycles. The highest BCUT2D eigenvalue weighted by atomic mass is 16.5. The molecule has 0 saturated carbocycles. The molecule has 0 aromatic rings. The van der Waals surface area contributed by atoms with Crippen molar-refractivity contribution in [2.24, 2.45) is 0 Å². The lowest BCUT2D eigenvalue weighted by molar-refractivity contribution is 0.553. The largest absolute Gasteiger partial charge is 0.759 e. The summed E-state index contributed by atoms with van der Waals surface area (Å²) in [6.07, 6.45) is 0.736. The van der Waals surface area contributed by atoms with Crippen LogP contribution in [0.2, 0.25) is 0 Å². The molecule has 0 N–H and O–H groups in total. The SMILES string of the molecule is C=C(CC)N(C)[O-]. The molecule has 0 amide bonds. The van der Waals surface area contributed by atoms with Crippen LogP contribution >= 0.6 is 0 Å². The van der Waals surface area contributed by atoms with E-state index in [-0.39, 0.29) is 0 Å². The van der Waals surface area contributed by atoms with Gasteiger partial charge in [0.25, 0.3) is 0 Å². The first-order chi connectivity index (χ1) is 3.18. The Hall–Kier alpha value is -0.500. The Bertz CT molecular complexity index is 68.5. The molecule has 0 aliphatic rings. The Morgan fingerprint density at radius 3 is 2.29 bits per heavy atom. The first kappa shape index (κ1) is 6.50. The Morgan fingerprint density at radius 2 is 2.29 bits per heavy atom. The fraction of sp³-hybridized carbons (Fsp3) is 0.600. The van der Waals surface area contributed by atoms with Crippen molar-refractivity contribution in [3.8, 4) is 0 Å². The molecule has 0 aromatic heterocycles. The number of nitrogens with zero attached hydrogens (tertiary/aromatic N) is 1. The summed E-state index contributed by atoms with van der Waals surface area (Å²) in [6.45, 7) is 5.39. The molecule has 0 spiro atoms. The van der Waals surface area contributed by atoms with Crippen LogP contribution in [-0.4, -0.2) is 12.1 Å². The molecule has 0 aromatic carbocycles. The lowest BCUT2D eigenvalue weighted by Gasteiger charge is -2.25. The minimum atomic E-state index is 0.625. The fourth-order valence-corrected chi connectivity index (χ4v) is 0.223. The zero-order chi connectivity index (χ0) is 5.86. The van der Waals surface area contributed by atoms with Crippen LogP contribution in [0.25, 0.3) is 0 Å². The van der Waals surface area contributed by atoms with Gasteiger partial charge in [0.05, 0.1) is 0 Å². The van der Waals surface area contributed by atoms with E-state index < -0.39 is 0 Å². The van der Waals surface area contributed by atoms with Crippen LogP contribution in [0.5, 0.6) is 0 Å². The molecule has 0 atom stereocenters. The Kier molecular flexibility index (Phi) is 2.45. The van der Waals surface area contributed by atoms with Crippen LogP contribution in [0.15, 0.2) is 12.3 Å². The average molecular weight is 100 g/mol. The van der Waals surface area contributed by atoms with Crippen molar-refractivity contribution in [3.63, 3.8) is 0 Å². The van der Waals surface area contributed by atoms with Gasteiger partial charge in [0.1, 0.15) is 0 Å². The first-order valence-corrected chi connectivity index (χ1v) is 2.27.